The fourth-order valence-electron chi connectivity index (χ4n) is 0.787. The lowest BCUT2D eigenvalue weighted by molar-refractivity contribution is 1.01. The monoisotopic (exact) mass is 148 g/mol. The Hall–Kier alpha value is -1.54. The van der Waals surface area contributed by atoms with E-state index in [2.05, 4.69) is 15.0 Å². The molecule has 0 saturated heterocycles. The summed E-state index contributed by atoms with van der Waals surface area (Å²) in [6, 6.07) is 1.85. The van der Waals surface area contributed by atoms with E-state index in [1.165, 1.54) is 0 Å². The van der Waals surface area contributed by atoms with Gasteiger partial charge in [-0.15, -0.1) is 0 Å². The quantitative estimate of drug-likeness (QED) is 0.360. The van der Waals surface area contributed by atoms with E-state index in [9.17, 15) is 0 Å². The number of pyridine rings is 1. The van der Waals surface area contributed by atoms with Gasteiger partial charge in [-0.3, -0.25) is 4.98 Å². The summed E-state index contributed by atoms with van der Waals surface area (Å²) in [7, 11) is 0. The number of nitrogens with zero attached hydrogens (tertiary/aromatic N) is 4. The molecule has 56 valence electrons. The number of aryl methyl sites for hydroxylation is 1. The summed E-state index contributed by atoms with van der Waals surface area (Å²) in [6.07, 6.45) is 3.44. The molecule has 0 amide bonds. The molecule has 0 unspecified atom stereocenters. The van der Waals surface area contributed by atoms with Gasteiger partial charge in [-0.1, -0.05) is 5.11 Å². The van der Waals surface area contributed by atoms with Crippen LogP contribution >= 0.6 is 0 Å². The molecule has 0 fully saturated rings. The SMILES string of the molecule is Cc1cnccc1CN=[N+]=[N-]. The van der Waals surface area contributed by atoms with Crippen molar-refractivity contribution >= 4 is 0 Å². The molecule has 0 atom stereocenters. The Bertz CT molecular complexity index is 288. The maximum atomic E-state index is 8.06. The molecule has 0 aliphatic carbocycles. The first-order valence-electron chi connectivity index (χ1n) is 3.25. The zero-order valence-electron chi connectivity index (χ0n) is 6.23. The summed E-state index contributed by atoms with van der Waals surface area (Å²) in [4.78, 5) is 6.59. The van der Waals surface area contributed by atoms with Crippen molar-refractivity contribution in [1.82, 2.24) is 4.98 Å². The molecule has 0 spiro atoms. The zero-order valence-corrected chi connectivity index (χ0v) is 6.23. The number of aromatic nitrogens is 1. The second-order valence-electron chi connectivity index (χ2n) is 2.19. The molecule has 0 bridgehead atoms. The first kappa shape index (κ1) is 7.57. The fourth-order valence-corrected chi connectivity index (χ4v) is 0.787. The number of hydrogen-bond donors (Lipinski definition) is 0. The van der Waals surface area contributed by atoms with Crippen LogP contribution in [-0.4, -0.2) is 4.98 Å². The van der Waals surface area contributed by atoms with Crippen molar-refractivity contribution in [1.29, 1.82) is 0 Å². The first-order valence-corrected chi connectivity index (χ1v) is 3.25. The number of hydrogen-bond acceptors (Lipinski definition) is 2. The van der Waals surface area contributed by atoms with Crippen molar-refractivity contribution < 1.29 is 0 Å². The number of rotatable bonds is 2. The minimum absolute atomic E-state index is 0.408. The normalized spacial score (nSPS) is 8.82. The highest BCUT2D eigenvalue weighted by Crippen LogP contribution is 2.05. The average molecular weight is 148 g/mol. The molecule has 4 heteroatoms. The second-order valence-corrected chi connectivity index (χ2v) is 2.19. The van der Waals surface area contributed by atoms with E-state index in [0.717, 1.165) is 11.1 Å². The Balaban J connectivity index is 2.85. The van der Waals surface area contributed by atoms with E-state index in [1.807, 2.05) is 13.0 Å². The summed E-state index contributed by atoms with van der Waals surface area (Å²) in [5.74, 6) is 0. The lowest BCUT2D eigenvalue weighted by Gasteiger charge is -1.97. The van der Waals surface area contributed by atoms with Gasteiger partial charge in [-0.2, -0.15) is 0 Å². The second kappa shape index (κ2) is 3.58. The molecule has 0 N–H and O–H groups in total. The smallest absolute Gasteiger partial charge is 0.0514 e. The van der Waals surface area contributed by atoms with Gasteiger partial charge in [0.15, 0.2) is 0 Å². The molecule has 0 aliphatic heterocycles. The predicted octanol–water partition coefficient (Wildman–Crippen LogP) is 2.20. The van der Waals surface area contributed by atoms with Crippen LogP contribution in [0.1, 0.15) is 11.1 Å². The zero-order chi connectivity index (χ0) is 8.10. The molecule has 1 aromatic rings. The van der Waals surface area contributed by atoms with Crippen LogP contribution in [0.25, 0.3) is 10.4 Å². The predicted molar refractivity (Wildman–Crippen MR) is 41.8 cm³/mol. The summed E-state index contributed by atoms with van der Waals surface area (Å²) < 4.78 is 0. The van der Waals surface area contributed by atoms with Crippen LogP contribution in [0, 0.1) is 6.92 Å². The lowest BCUT2D eigenvalue weighted by atomic mass is 10.2. The van der Waals surface area contributed by atoms with Crippen molar-refractivity contribution in [3.05, 3.63) is 40.0 Å². The van der Waals surface area contributed by atoms with Gasteiger partial charge >= 0.3 is 0 Å². The fraction of sp³-hybridized carbons (Fsp3) is 0.286. The van der Waals surface area contributed by atoms with E-state index in [4.69, 9.17) is 5.53 Å². The van der Waals surface area contributed by atoms with Crippen LogP contribution in [0.2, 0.25) is 0 Å². The van der Waals surface area contributed by atoms with Gasteiger partial charge in [0.25, 0.3) is 0 Å². The Labute approximate surface area is 64.5 Å². The lowest BCUT2D eigenvalue weighted by Crippen LogP contribution is -1.86. The van der Waals surface area contributed by atoms with Crippen LogP contribution in [0.5, 0.6) is 0 Å². The van der Waals surface area contributed by atoms with Crippen LogP contribution in [0.15, 0.2) is 23.6 Å². The summed E-state index contributed by atoms with van der Waals surface area (Å²) in [5, 5.41) is 3.46. The molecule has 11 heavy (non-hydrogen) atoms. The first-order chi connectivity index (χ1) is 5.34. The highest BCUT2D eigenvalue weighted by atomic mass is 15.1. The Morgan fingerprint density at radius 1 is 1.73 bits per heavy atom. The van der Waals surface area contributed by atoms with Crippen LogP contribution < -0.4 is 0 Å². The van der Waals surface area contributed by atoms with Gasteiger partial charge in [0, 0.05) is 17.3 Å². The van der Waals surface area contributed by atoms with Crippen LogP contribution in [-0.2, 0) is 6.54 Å². The molecular weight excluding hydrogens is 140 g/mol. The van der Waals surface area contributed by atoms with E-state index in [-0.39, 0.29) is 0 Å². The van der Waals surface area contributed by atoms with Crippen LogP contribution in [0.3, 0.4) is 0 Å². The Morgan fingerprint density at radius 2 is 2.55 bits per heavy atom. The van der Waals surface area contributed by atoms with Gasteiger partial charge in [-0.05, 0) is 29.6 Å². The summed E-state index contributed by atoms with van der Waals surface area (Å²) in [6.45, 7) is 2.35. The molecule has 0 radical (unpaired) electrons. The maximum absolute atomic E-state index is 8.06. The molecule has 4 nitrogen and oxygen atoms in total. The van der Waals surface area contributed by atoms with Crippen molar-refractivity contribution in [2.45, 2.75) is 13.5 Å². The van der Waals surface area contributed by atoms with Crippen molar-refractivity contribution in [2.75, 3.05) is 0 Å². The minimum atomic E-state index is 0.408. The molecule has 0 saturated carbocycles. The van der Waals surface area contributed by atoms with Gasteiger partial charge in [-0.25, -0.2) is 0 Å². The van der Waals surface area contributed by atoms with Gasteiger partial charge in [0.05, 0.1) is 6.54 Å². The minimum Gasteiger partial charge on any atom is -0.264 e. The van der Waals surface area contributed by atoms with Gasteiger partial charge in [0.2, 0.25) is 0 Å². The van der Waals surface area contributed by atoms with Crippen molar-refractivity contribution in [3.8, 4) is 0 Å². The maximum Gasteiger partial charge on any atom is 0.0514 e. The molecule has 1 rings (SSSR count). The third kappa shape index (κ3) is 1.95. The Kier molecular flexibility index (Phi) is 2.47. The van der Waals surface area contributed by atoms with Crippen molar-refractivity contribution in [2.24, 2.45) is 5.11 Å². The van der Waals surface area contributed by atoms with E-state index >= 15 is 0 Å². The molecule has 0 aromatic carbocycles. The average Bonchev–Trinajstić information content (AvgIpc) is 2.03. The van der Waals surface area contributed by atoms with E-state index in [0.29, 0.717) is 6.54 Å². The third-order valence-corrected chi connectivity index (χ3v) is 1.44. The number of azide groups is 1. The molecule has 0 aliphatic rings. The summed E-state index contributed by atoms with van der Waals surface area (Å²) >= 11 is 0. The Morgan fingerprint density at radius 3 is 3.18 bits per heavy atom. The largest absolute Gasteiger partial charge is 0.264 e. The molecule has 1 heterocycles. The summed E-state index contributed by atoms with van der Waals surface area (Å²) in [5.41, 5.74) is 10.1. The van der Waals surface area contributed by atoms with Crippen molar-refractivity contribution in [3.63, 3.8) is 0 Å². The van der Waals surface area contributed by atoms with E-state index < -0.39 is 0 Å². The molecular formula is C7H8N4. The third-order valence-electron chi connectivity index (χ3n) is 1.44. The highest BCUT2D eigenvalue weighted by molar-refractivity contribution is 5.21. The molecule has 1 aromatic heterocycles. The standard InChI is InChI=1S/C7H8N4/c1-6-4-9-3-2-7(6)5-10-11-8/h2-4H,5H2,1H3. The topological polar surface area (TPSA) is 61.7 Å². The van der Waals surface area contributed by atoms with Crippen LogP contribution in [0.4, 0.5) is 0 Å². The van der Waals surface area contributed by atoms with Gasteiger partial charge < -0.3 is 0 Å². The van der Waals surface area contributed by atoms with Gasteiger partial charge in [0.1, 0.15) is 0 Å². The highest BCUT2D eigenvalue weighted by Gasteiger charge is 1.93. The van der Waals surface area contributed by atoms with E-state index in [1.54, 1.807) is 12.4 Å².